The number of aryl methyl sites for hydroxylation is 2. The Kier molecular flexibility index (Phi) is 7.67. The van der Waals surface area contributed by atoms with E-state index in [-0.39, 0.29) is 24.1 Å². The van der Waals surface area contributed by atoms with Crippen molar-refractivity contribution >= 4 is 52.2 Å². The third-order valence-electron chi connectivity index (χ3n) is 5.63. The van der Waals surface area contributed by atoms with E-state index in [1.54, 1.807) is 25.2 Å². The van der Waals surface area contributed by atoms with Gasteiger partial charge in [-0.25, -0.2) is 9.78 Å². The number of fused-ring (bicyclic) bond motifs is 1. The zero-order chi connectivity index (χ0) is 25.8. The Hall–Kier alpha value is -3.75. The highest BCUT2D eigenvalue weighted by atomic mass is 35.5. The van der Waals surface area contributed by atoms with Gasteiger partial charge in [0, 0.05) is 35.7 Å². The summed E-state index contributed by atoms with van der Waals surface area (Å²) in [6.45, 7) is 3.65. The van der Waals surface area contributed by atoms with E-state index in [9.17, 15) is 9.59 Å². The number of aromatic nitrogens is 2. The summed E-state index contributed by atoms with van der Waals surface area (Å²) in [4.78, 5) is 30.9. The largest absolute Gasteiger partial charge is 0.485 e. The number of imidazole rings is 1. The van der Waals surface area contributed by atoms with Crippen molar-refractivity contribution in [1.82, 2.24) is 14.7 Å². The third kappa shape index (κ3) is 5.56. The minimum Gasteiger partial charge on any atom is -0.485 e. The van der Waals surface area contributed by atoms with Gasteiger partial charge in [0.05, 0.1) is 22.9 Å². The molecule has 0 aliphatic rings. The molecule has 4 aromatic rings. The normalized spacial score (nSPS) is 10.8. The standard InChI is InChI=1S/C26H25Cl2N5O3/c1-16-7-4-5-8-20(16)31-26(35)29-13-23(34)32(3)21-11-10-19(27)18(24(21)28)15-36-22-9-6-12-33-14-17(2)30-25(22)33/h4-12,14H,13,15H2,1-3H3,(H2,29,31,35). The smallest absolute Gasteiger partial charge is 0.319 e. The number of nitrogens with one attached hydrogen (secondary N) is 2. The highest BCUT2D eigenvalue weighted by Gasteiger charge is 2.19. The lowest BCUT2D eigenvalue weighted by atomic mass is 10.2. The second-order valence-electron chi connectivity index (χ2n) is 8.21. The minimum absolute atomic E-state index is 0.0796. The number of halogens is 2. The fourth-order valence-corrected chi connectivity index (χ4v) is 4.24. The van der Waals surface area contributed by atoms with E-state index in [2.05, 4.69) is 15.6 Å². The van der Waals surface area contributed by atoms with E-state index in [4.69, 9.17) is 27.9 Å². The maximum Gasteiger partial charge on any atom is 0.319 e. The van der Waals surface area contributed by atoms with E-state index in [0.717, 1.165) is 11.3 Å². The van der Waals surface area contributed by atoms with Gasteiger partial charge in [-0.3, -0.25) is 4.79 Å². The van der Waals surface area contributed by atoms with E-state index in [1.807, 2.05) is 61.0 Å². The van der Waals surface area contributed by atoms with Gasteiger partial charge in [-0.2, -0.15) is 0 Å². The molecule has 2 heterocycles. The number of rotatable bonds is 7. The SMILES string of the molecule is Cc1cn2cccc(OCc3c(Cl)ccc(N(C)C(=O)CNC(=O)Nc4ccccc4C)c3Cl)c2n1. The molecular weight excluding hydrogens is 501 g/mol. The number of ether oxygens (including phenoxy) is 1. The molecule has 2 N–H and O–H groups in total. The Morgan fingerprint density at radius 3 is 2.64 bits per heavy atom. The third-order valence-corrected chi connectivity index (χ3v) is 6.41. The first-order valence-electron chi connectivity index (χ1n) is 11.2. The molecule has 0 unspecified atom stereocenters. The lowest BCUT2D eigenvalue weighted by Gasteiger charge is -2.21. The van der Waals surface area contributed by atoms with Gasteiger partial charge < -0.3 is 24.7 Å². The van der Waals surface area contributed by atoms with Crippen LogP contribution in [0.3, 0.4) is 0 Å². The number of hydrogen-bond acceptors (Lipinski definition) is 4. The summed E-state index contributed by atoms with van der Waals surface area (Å²) in [5.41, 5.74) is 4.11. The molecule has 0 saturated carbocycles. The summed E-state index contributed by atoms with van der Waals surface area (Å²) in [5, 5.41) is 6.00. The predicted octanol–water partition coefficient (Wildman–Crippen LogP) is 5.62. The molecule has 186 valence electrons. The van der Waals surface area contributed by atoms with Gasteiger partial charge in [0.25, 0.3) is 0 Å². The lowest BCUT2D eigenvalue weighted by Crippen LogP contribution is -2.40. The first kappa shape index (κ1) is 25.3. The molecule has 36 heavy (non-hydrogen) atoms. The number of anilines is 2. The summed E-state index contributed by atoms with van der Waals surface area (Å²) in [6, 6.07) is 13.9. The van der Waals surface area contributed by atoms with Gasteiger partial charge in [0.15, 0.2) is 11.4 Å². The summed E-state index contributed by atoms with van der Waals surface area (Å²) in [7, 11) is 1.58. The van der Waals surface area contributed by atoms with Crippen molar-refractivity contribution in [1.29, 1.82) is 0 Å². The first-order valence-corrected chi connectivity index (χ1v) is 11.9. The number of likely N-dealkylation sites (N-methyl/N-ethyl adjacent to an activating group) is 1. The van der Waals surface area contributed by atoms with Crippen molar-refractivity contribution in [3.63, 3.8) is 0 Å². The van der Waals surface area contributed by atoms with Gasteiger partial charge in [-0.1, -0.05) is 41.4 Å². The molecule has 0 saturated heterocycles. The number of pyridine rings is 1. The number of carbonyl (C=O) groups is 2. The molecule has 2 aromatic carbocycles. The number of amides is 3. The van der Waals surface area contributed by atoms with E-state index >= 15 is 0 Å². The van der Waals surface area contributed by atoms with Crippen LogP contribution in [0.2, 0.25) is 10.0 Å². The van der Waals surface area contributed by atoms with Crippen LogP contribution in [0, 0.1) is 13.8 Å². The average Bonchev–Trinajstić information content (AvgIpc) is 3.24. The van der Waals surface area contributed by atoms with Crippen molar-refractivity contribution in [2.75, 3.05) is 23.8 Å². The zero-order valence-electron chi connectivity index (χ0n) is 20.0. The molecule has 10 heteroatoms. The van der Waals surface area contributed by atoms with E-state index in [1.165, 1.54) is 4.90 Å². The predicted molar refractivity (Wildman–Crippen MR) is 142 cm³/mol. The number of hydrogen-bond donors (Lipinski definition) is 2. The molecule has 0 fully saturated rings. The summed E-state index contributed by atoms with van der Waals surface area (Å²) < 4.78 is 7.87. The molecule has 4 rings (SSSR count). The molecule has 0 radical (unpaired) electrons. The number of carbonyl (C=O) groups excluding carboxylic acids is 2. The number of benzene rings is 2. The fourth-order valence-electron chi connectivity index (χ4n) is 3.64. The fraction of sp³-hybridized carbons (Fsp3) is 0.192. The van der Waals surface area contributed by atoms with Gasteiger partial charge in [-0.05, 0) is 49.7 Å². The van der Waals surface area contributed by atoms with Crippen molar-refractivity contribution in [3.05, 3.63) is 87.8 Å². The number of para-hydroxylation sites is 1. The van der Waals surface area contributed by atoms with Crippen LogP contribution >= 0.6 is 23.2 Å². The van der Waals surface area contributed by atoms with Crippen LogP contribution in [0.15, 0.2) is 60.9 Å². The highest BCUT2D eigenvalue weighted by Crippen LogP contribution is 2.35. The molecular formula is C26H25Cl2N5O3. The van der Waals surface area contributed by atoms with Crippen molar-refractivity contribution < 1.29 is 14.3 Å². The van der Waals surface area contributed by atoms with E-state index < -0.39 is 6.03 Å². The van der Waals surface area contributed by atoms with Crippen LogP contribution in [0.1, 0.15) is 16.8 Å². The van der Waals surface area contributed by atoms with Crippen LogP contribution in [-0.4, -0.2) is 34.9 Å². The summed E-state index contributed by atoms with van der Waals surface area (Å²) >= 11 is 13.1. The van der Waals surface area contributed by atoms with Crippen LogP contribution < -0.4 is 20.3 Å². The van der Waals surface area contributed by atoms with Crippen LogP contribution in [0.4, 0.5) is 16.2 Å². The Morgan fingerprint density at radius 2 is 1.86 bits per heavy atom. The topological polar surface area (TPSA) is 88.0 Å². The summed E-state index contributed by atoms with van der Waals surface area (Å²) in [5.74, 6) is 0.222. The van der Waals surface area contributed by atoms with Gasteiger partial charge in [0.1, 0.15) is 6.61 Å². The molecule has 0 aliphatic carbocycles. The Balaban J connectivity index is 1.43. The second-order valence-corrected chi connectivity index (χ2v) is 8.99. The van der Waals surface area contributed by atoms with Gasteiger partial charge in [-0.15, -0.1) is 0 Å². The van der Waals surface area contributed by atoms with Crippen LogP contribution in [0.5, 0.6) is 5.75 Å². The van der Waals surface area contributed by atoms with Crippen molar-refractivity contribution in [2.45, 2.75) is 20.5 Å². The Bertz CT molecular complexity index is 1440. The van der Waals surface area contributed by atoms with Crippen LogP contribution in [-0.2, 0) is 11.4 Å². The van der Waals surface area contributed by atoms with E-state index in [0.29, 0.717) is 33.4 Å². The Labute approximate surface area is 218 Å². The molecule has 0 spiro atoms. The lowest BCUT2D eigenvalue weighted by molar-refractivity contribution is -0.117. The molecule has 0 aliphatic heterocycles. The monoisotopic (exact) mass is 525 g/mol. The quantitative estimate of drug-likeness (QED) is 0.327. The molecule has 0 atom stereocenters. The van der Waals surface area contributed by atoms with Gasteiger partial charge >= 0.3 is 6.03 Å². The summed E-state index contributed by atoms with van der Waals surface area (Å²) in [6.07, 6.45) is 3.79. The highest BCUT2D eigenvalue weighted by molar-refractivity contribution is 6.38. The van der Waals surface area contributed by atoms with Crippen molar-refractivity contribution in [2.24, 2.45) is 0 Å². The van der Waals surface area contributed by atoms with Gasteiger partial charge in [0.2, 0.25) is 5.91 Å². The van der Waals surface area contributed by atoms with Crippen molar-refractivity contribution in [3.8, 4) is 5.75 Å². The van der Waals surface area contributed by atoms with Crippen LogP contribution in [0.25, 0.3) is 5.65 Å². The first-order chi connectivity index (χ1) is 17.2. The minimum atomic E-state index is -0.481. The number of nitrogens with zero attached hydrogens (tertiary/aromatic N) is 3. The second kappa shape index (κ2) is 10.9. The zero-order valence-corrected chi connectivity index (χ0v) is 21.5. The molecule has 8 nitrogen and oxygen atoms in total. The molecule has 3 amide bonds. The number of urea groups is 1. The molecule has 0 bridgehead atoms. The molecule has 2 aromatic heterocycles. The maximum absolute atomic E-state index is 12.8. The maximum atomic E-state index is 12.8. The average molecular weight is 526 g/mol. The Morgan fingerprint density at radius 1 is 1.08 bits per heavy atom.